The van der Waals surface area contributed by atoms with Gasteiger partial charge in [0.2, 0.25) is 5.91 Å². The number of aryl methyl sites for hydroxylation is 1. The molecule has 1 aliphatic rings. The molecular weight excluding hydrogens is 356 g/mol. The zero-order valence-electron chi connectivity index (χ0n) is 13.5. The van der Waals surface area contributed by atoms with Crippen molar-refractivity contribution in [3.8, 4) is 5.75 Å². The van der Waals surface area contributed by atoms with Crippen molar-refractivity contribution in [1.82, 2.24) is 4.98 Å². The predicted octanol–water partition coefficient (Wildman–Crippen LogP) is 3.90. The van der Waals surface area contributed by atoms with Crippen molar-refractivity contribution in [2.24, 2.45) is 0 Å². The summed E-state index contributed by atoms with van der Waals surface area (Å²) in [5.41, 5.74) is 2.26. The van der Waals surface area contributed by atoms with Crippen LogP contribution in [0, 0.1) is 6.92 Å². The lowest BCUT2D eigenvalue weighted by atomic mass is 10.0. The number of carbonyl (C=O) groups is 1. The number of carbonyl (C=O) groups excluding carboxylic acids is 1. The molecule has 0 aliphatic carbocycles. The van der Waals surface area contributed by atoms with Crippen LogP contribution in [-0.4, -0.2) is 23.0 Å². The molecular formula is C18H19BrN2O2. The fraction of sp³-hybridized carbons (Fsp3) is 0.333. The van der Waals surface area contributed by atoms with E-state index in [1.54, 1.807) is 6.20 Å². The smallest absolute Gasteiger partial charge is 0.231 e. The van der Waals surface area contributed by atoms with Crippen LogP contribution < -0.4 is 9.64 Å². The van der Waals surface area contributed by atoms with E-state index in [1.807, 2.05) is 56.0 Å². The highest BCUT2D eigenvalue weighted by atomic mass is 79.9. The van der Waals surface area contributed by atoms with Gasteiger partial charge in [-0.15, -0.1) is 0 Å². The number of anilines is 1. The zero-order valence-corrected chi connectivity index (χ0v) is 15.1. The van der Waals surface area contributed by atoms with Crippen molar-refractivity contribution in [3.63, 3.8) is 0 Å². The number of ether oxygens (including phenoxy) is 1. The monoisotopic (exact) mass is 374 g/mol. The molecule has 0 radical (unpaired) electrons. The van der Waals surface area contributed by atoms with E-state index >= 15 is 0 Å². The lowest BCUT2D eigenvalue weighted by molar-refractivity contribution is -0.118. The van der Waals surface area contributed by atoms with Gasteiger partial charge in [0.25, 0.3) is 0 Å². The number of amides is 1. The van der Waals surface area contributed by atoms with Gasteiger partial charge in [-0.3, -0.25) is 9.78 Å². The summed E-state index contributed by atoms with van der Waals surface area (Å²) in [4.78, 5) is 18.9. The zero-order chi connectivity index (χ0) is 16.6. The molecule has 0 atom stereocenters. The van der Waals surface area contributed by atoms with Gasteiger partial charge < -0.3 is 9.64 Å². The first kappa shape index (κ1) is 16.0. The molecule has 0 saturated heterocycles. The Balaban J connectivity index is 1.89. The molecule has 0 saturated carbocycles. The summed E-state index contributed by atoms with van der Waals surface area (Å²) in [6.45, 7) is 6.44. The highest BCUT2D eigenvalue weighted by molar-refractivity contribution is 9.10. The molecule has 1 aliphatic heterocycles. The molecule has 3 rings (SSSR count). The predicted molar refractivity (Wildman–Crippen MR) is 93.9 cm³/mol. The van der Waals surface area contributed by atoms with Gasteiger partial charge in [0.1, 0.15) is 11.4 Å². The average Bonchev–Trinajstić information content (AvgIpc) is 2.47. The summed E-state index contributed by atoms with van der Waals surface area (Å²) in [7, 11) is 0. The lowest BCUT2D eigenvalue weighted by Crippen LogP contribution is -2.49. The minimum atomic E-state index is -0.422. The molecule has 0 bridgehead atoms. The Morgan fingerprint density at radius 2 is 2.13 bits per heavy atom. The Labute approximate surface area is 144 Å². The van der Waals surface area contributed by atoms with Crippen molar-refractivity contribution in [1.29, 1.82) is 0 Å². The van der Waals surface area contributed by atoms with Crippen LogP contribution in [0.3, 0.4) is 0 Å². The quantitative estimate of drug-likeness (QED) is 0.800. The molecule has 1 aromatic heterocycles. The molecule has 5 heteroatoms. The Kier molecular flexibility index (Phi) is 4.15. The SMILES string of the molecule is Cc1ccc(CC(=O)N2CC(C)(C)Oc3cc(Br)ccc32)cn1. The minimum absolute atomic E-state index is 0.0515. The van der Waals surface area contributed by atoms with E-state index in [0.717, 1.165) is 27.2 Å². The summed E-state index contributed by atoms with van der Waals surface area (Å²) >= 11 is 3.45. The number of halogens is 1. The van der Waals surface area contributed by atoms with E-state index in [1.165, 1.54) is 0 Å². The molecule has 2 aromatic rings. The van der Waals surface area contributed by atoms with Crippen molar-refractivity contribution in [2.75, 3.05) is 11.4 Å². The standard InChI is InChI=1S/C18H19BrN2O2/c1-12-4-5-13(10-20-12)8-17(22)21-11-18(2,3)23-16-9-14(19)6-7-15(16)21/h4-7,9-10H,8,11H2,1-3H3. The van der Waals surface area contributed by atoms with Crippen molar-refractivity contribution in [3.05, 3.63) is 52.3 Å². The van der Waals surface area contributed by atoms with Gasteiger partial charge in [-0.2, -0.15) is 0 Å². The normalized spacial score (nSPS) is 15.7. The van der Waals surface area contributed by atoms with Gasteiger partial charge in [0.05, 0.1) is 18.7 Å². The second kappa shape index (κ2) is 5.96. The third-order valence-corrected chi connectivity index (χ3v) is 4.26. The molecule has 23 heavy (non-hydrogen) atoms. The first-order chi connectivity index (χ1) is 10.8. The Morgan fingerprint density at radius 1 is 1.35 bits per heavy atom. The molecule has 0 N–H and O–H groups in total. The van der Waals surface area contributed by atoms with Crippen LogP contribution in [0.4, 0.5) is 5.69 Å². The molecule has 0 unspecified atom stereocenters. The van der Waals surface area contributed by atoms with Crippen LogP contribution in [-0.2, 0) is 11.2 Å². The number of fused-ring (bicyclic) bond motifs is 1. The number of hydrogen-bond acceptors (Lipinski definition) is 3. The maximum atomic E-state index is 12.8. The van der Waals surface area contributed by atoms with Crippen molar-refractivity contribution in [2.45, 2.75) is 32.8 Å². The van der Waals surface area contributed by atoms with Crippen LogP contribution in [0.15, 0.2) is 41.0 Å². The number of benzene rings is 1. The van der Waals surface area contributed by atoms with E-state index in [4.69, 9.17) is 4.74 Å². The second-order valence-electron chi connectivity index (χ2n) is 6.44. The van der Waals surface area contributed by atoms with E-state index < -0.39 is 5.60 Å². The maximum absolute atomic E-state index is 12.8. The number of nitrogens with zero attached hydrogens (tertiary/aromatic N) is 2. The first-order valence-electron chi connectivity index (χ1n) is 7.54. The molecule has 120 valence electrons. The summed E-state index contributed by atoms with van der Waals surface area (Å²) in [6, 6.07) is 9.63. The van der Waals surface area contributed by atoms with E-state index in [9.17, 15) is 4.79 Å². The van der Waals surface area contributed by atoms with E-state index in [-0.39, 0.29) is 5.91 Å². The summed E-state index contributed by atoms with van der Waals surface area (Å²) < 4.78 is 6.94. The van der Waals surface area contributed by atoms with Crippen LogP contribution in [0.25, 0.3) is 0 Å². The van der Waals surface area contributed by atoms with Gasteiger partial charge >= 0.3 is 0 Å². The van der Waals surface area contributed by atoms with Crippen LogP contribution in [0.2, 0.25) is 0 Å². The number of rotatable bonds is 2. The summed E-state index contributed by atoms with van der Waals surface area (Å²) in [6.07, 6.45) is 2.10. The summed E-state index contributed by atoms with van der Waals surface area (Å²) in [5, 5.41) is 0. The maximum Gasteiger partial charge on any atom is 0.231 e. The van der Waals surface area contributed by atoms with Gasteiger partial charge in [0.15, 0.2) is 0 Å². The van der Waals surface area contributed by atoms with Crippen LogP contribution >= 0.6 is 15.9 Å². The van der Waals surface area contributed by atoms with Gasteiger partial charge in [0, 0.05) is 16.4 Å². The molecule has 0 fully saturated rings. The highest BCUT2D eigenvalue weighted by Gasteiger charge is 2.34. The topological polar surface area (TPSA) is 42.4 Å². The highest BCUT2D eigenvalue weighted by Crippen LogP contribution is 2.39. The van der Waals surface area contributed by atoms with E-state index in [0.29, 0.717) is 13.0 Å². The van der Waals surface area contributed by atoms with Gasteiger partial charge in [-0.25, -0.2) is 0 Å². The second-order valence-corrected chi connectivity index (χ2v) is 7.35. The van der Waals surface area contributed by atoms with Crippen LogP contribution in [0.5, 0.6) is 5.75 Å². The average molecular weight is 375 g/mol. The lowest BCUT2D eigenvalue weighted by Gasteiger charge is -2.39. The third kappa shape index (κ3) is 3.55. The fourth-order valence-electron chi connectivity index (χ4n) is 2.68. The largest absolute Gasteiger partial charge is 0.484 e. The van der Waals surface area contributed by atoms with Crippen LogP contribution in [0.1, 0.15) is 25.1 Å². The number of hydrogen-bond donors (Lipinski definition) is 0. The molecule has 1 amide bonds. The molecule has 1 aromatic carbocycles. The van der Waals surface area contributed by atoms with E-state index in [2.05, 4.69) is 20.9 Å². The fourth-order valence-corrected chi connectivity index (χ4v) is 3.02. The molecule has 0 spiro atoms. The molecule has 4 nitrogen and oxygen atoms in total. The van der Waals surface area contributed by atoms with Crippen molar-refractivity contribution < 1.29 is 9.53 Å². The number of aromatic nitrogens is 1. The summed E-state index contributed by atoms with van der Waals surface area (Å²) in [5.74, 6) is 0.779. The number of pyridine rings is 1. The molecule has 2 heterocycles. The Bertz CT molecular complexity index is 741. The van der Waals surface area contributed by atoms with Gasteiger partial charge in [-0.1, -0.05) is 22.0 Å². The van der Waals surface area contributed by atoms with Crippen molar-refractivity contribution >= 4 is 27.5 Å². The minimum Gasteiger partial charge on any atom is -0.484 e. The first-order valence-corrected chi connectivity index (χ1v) is 8.34. The third-order valence-electron chi connectivity index (χ3n) is 3.77. The Hall–Kier alpha value is -1.88. The van der Waals surface area contributed by atoms with Gasteiger partial charge in [-0.05, 0) is 50.6 Å². The Morgan fingerprint density at radius 3 is 2.83 bits per heavy atom.